The Morgan fingerprint density at radius 3 is 1.28 bits per heavy atom. The Hall–Kier alpha value is -4.18. The van der Waals surface area contributed by atoms with Crippen LogP contribution in [-0.2, 0) is 9.59 Å². The van der Waals surface area contributed by atoms with Crippen LogP contribution in [0.4, 0.5) is 11.4 Å². The summed E-state index contributed by atoms with van der Waals surface area (Å²) in [7, 11) is 0. The molecular formula is C32H28N2O2. The van der Waals surface area contributed by atoms with E-state index < -0.39 is 0 Å². The van der Waals surface area contributed by atoms with Crippen LogP contribution < -0.4 is 10.6 Å². The van der Waals surface area contributed by atoms with Gasteiger partial charge in [-0.1, -0.05) is 97.1 Å². The minimum Gasteiger partial charge on any atom is -0.325 e. The first-order valence-corrected chi connectivity index (χ1v) is 12.6. The Bertz CT molecular complexity index is 1290. The Morgan fingerprint density at radius 2 is 0.861 bits per heavy atom. The fraction of sp³-hybridized carbons (Fsp3) is 0.188. The summed E-state index contributed by atoms with van der Waals surface area (Å²) in [5.74, 6) is 0.616. The van der Waals surface area contributed by atoms with Gasteiger partial charge in [-0.15, -0.1) is 0 Å². The lowest BCUT2D eigenvalue weighted by Gasteiger charge is -2.15. The van der Waals surface area contributed by atoms with Crippen LogP contribution in [0.25, 0.3) is 11.1 Å². The van der Waals surface area contributed by atoms with E-state index in [4.69, 9.17) is 0 Å². The smallest absolute Gasteiger partial charge is 0.228 e. The molecule has 2 saturated carbocycles. The molecule has 2 aliphatic rings. The average Bonchev–Trinajstić information content (AvgIpc) is 3.84. The van der Waals surface area contributed by atoms with Crippen molar-refractivity contribution in [2.75, 3.05) is 10.6 Å². The molecule has 4 aromatic rings. The highest BCUT2D eigenvalue weighted by molar-refractivity contribution is 6.03. The van der Waals surface area contributed by atoms with Gasteiger partial charge in [0.05, 0.1) is 0 Å². The Kier molecular flexibility index (Phi) is 5.86. The minimum atomic E-state index is -0.0137. The van der Waals surface area contributed by atoms with Crippen LogP contribution in [0.5, 0.6) is 0 Å². The van der Waals surface area contributed by atoms with Gasteiger partial charge in [-0.05, 0) is 47.9 Å². The van der Waals surface area contributed by atoms with Gasteiger partial charge in [-0.25, -0.2) is 0 Å². The molecule has 0 aromatic heterocycles. The number of rotatable bonds is 7. The topological polar surface area (TPSA) is 58.2 Å². The summed E-state index contributed by atoms with van der Waals surface area (Å²) in [6.45, 7) is 0. The van der Waals surface area contributed by atoms with Gasteiger partial charge < -0.3 is 10.6 Å². The van der Waals surface area contributed by atoms with Gasteiger partial charge in [0, 0.05) is 34.3 Å². The summed E-state index contributed by atoms with van der Waals surface area (Å²) in [5, 5.41) is 6.33. The quantitative estimate of drug-likeness (QED) is 0.309. The van der Waals surface area contributed by atoms with E-state index in [0.29, 0.717) is 0 Å². The lowest BCUT2D eigenvalue weighted by atomic mass is 10.0. The molecule has 6 rings (SSSR count). The molecule has 0 spiro atoms. The summed E-state index contributed by atoms with van der Waals surface area (Å²) in [4.78, 5) is 26.2. The van der Waals surface area contributed by atoms with Crippen molar-refractivity contribution in [1.82, 2.24) is 0 Å². The summed E-state index contributed by atoms with van der Waals surface area (Å²) < 4.78 is 0. The van der Waals surface area contributed by atoms with Crippen molar-refractivity contribution < 1.29 is 9.59 Å². The Labute approximate surface area is 211 Å². The standard InChI is InChI=1S/C32H28N2O2/c35-31(27-19-25(27)21-11-3-1-4-12-21)33-29-17-9-7-15-23(29)24-16-8-10-18-30(24)34-32(36)28-20-26(28)22-13-5-2-6-14-22/h1-18,25-28H,19-20H2,(H,33,35)(H,34,36)/t25-,26+,27-,28+. The largest absolute Gasteiger partial charge is 0.325 e. The number of carbonyl (C=O) groups is 2. The molecule has 0 unspecified atom stereocenters. The molecule has 0 bridgehead atoms. The van der Waals surface area contributed by atoms with E-state index in [1.807, 2.05) is 84.9 Å². The van der Waals surface area contributed by atoms with Gasteiger partial charge in [0.15, 0.2) is 0 Å². The Balaban J connectivity index is 1.18. The second kappa shape index (κ2) is 9.46. The summed E-state index contributed by atoms with van der Waals surface area (Å²) in [5.41, 5.74) is 5.75. The average molecular weight is 473 g/mol. The predicted molar refractivity (Wildman–Crippen MR) is 144 cm³/mol. The van der Waals surface area contributed by atoms with Crippen molar-refractivity contribution in [2.45, 2.75) is 24.7 Å². The van der Waals surface area contributed by atoms with E-state index in [2.05, 4.69) is 34.9 Å². The second-order valence-electron chi connectivity index (χ2n) is 9.79. The number of para-hydroxylation sites is 2. The fourth-order valence-corrected chi connectivity index (χ4v) is 5.21. The first kappa shape index (κ1) is 22.3. The molecule has 2 N–H and O–H groups in total. The van der Waals surface area contributed by atoms with Crippen LogP contribution in [0.15, 0.2) is 109 Å². The zero-order valence-corrected chi connectivity index (χ0v) is 19.9. The maximum absolute atomic E-state index is 13.1. The van der Waals surface area contributed by atoms with Crippen LogP contribution in [-0.4, -0.2) is 11.8 Å². The van der Waals surface area contributed by atoms with Crippen molar-refractivity contribution in [3.05, 3.63) is 120 Å². The molecule has 0 radical (unpaired) electrons. The van der Waals surface area contributed by atoms with Gasteiger partial charge >= 0.3 is 0 Å². The molecule has 2 aliphatic carbocycles. The maximum atomic E-state index is 13.1. The second-order valence-corrected chi connectivity index (χ2v) is 9.79. The monoisotopic (exact) mass is 472 g/mol. The molecule has 4 heteroatoms. The molecule has 2 fully saturated rings. The molecule has 0 heterocycles. The molecule has 4 nitrogen and oxygen atoms in total. The van der Waals surface area contributed by atoms with E-state index in [0.717, 1.165) is 35.3 Å². The molecule has 0 saturated heterocycles. The third-order valence-corrected chi connectivity index (χ3v) is 7.37. The maximum Gasteiger partial charge on any atom is 0.228 e. The van der Waals surface area contributed by atoms with Crippen LogP contribution in [0.1, 0.15) is 35.8 Å². The molecule has 178 valence electrons. The first-order chi connectivity index (χ1) is 17.7. The Morgan fingerprint density at radius 1 is 0.500 bits per heavy atom. The first-order valence-electron chi connectivity index (χ1n) is 12.6. The number of nitrogens with one attached hydrogen (secondary N) is 2. The summed E-state index contributed by atoms with van der Waals surface area (Å²) >= 11 is 0. The highest BCUT2D eigenvalue weighted by atomic mass is 16.2. The molecular weight excluding hydrogens is 444 g/mol. The number of carbonyl (C=O) groups excluding carboxylic acids is 2. The van der Waals surface area contributed by atoms with Crippen molar-refractivity contribution in [3.63, 3.8) is 0 Å². The SMILES string of the molecule is O=C(Nc1ccccc1-c1ccccc1NC(=O)[C@@H]1C[C@@H]1c1ccccc1)[C@H]1C[C@H]1c1ccccc1. The summed E-state index contributed by atoms with van der Waals surface area (Å²) in [6.07, 6.45) is 1.74. The normalized spacial score (nSPS) is 21.9. The minimum absolute atomic E-state index is 0.0137. The van der Waals surface area contributed by atoms with Crippen LogP contribution in [0.2, 0.25) is 0 Å². The van der Waals surface area contributed by atoms with Crippen LogP contribution >= 0.6 is 0 Å². The molecule has 4 atom stereocenters. The highest BCUT2D eigenvalue weighted by Gasteiger charge is 2.45. The van der Waals surface area contributed by atoms with E-state index in [1.165, 1.54) is 11.1 Å². The van der Waals surface area contributed by atoms with Crippen molar-refractivity contribution in [2.24, 2.45) is 11.8 Å². The third kappa shape index (κ3) is 4.55. The highest BCUT2D eigenvalue weighted by Crippen LogP contribution is 2.49. The number of benzene rings is 4. The zero-order chi connectivity index (χ0) is 24.5. The van der Waals surface area contributed by atoms with Gasteiger partial charge in [-0.2, -0.15) is 0 Å². The molecule has 4 aromatic carbocycles. The number of hydrogen-bond donors (Lipinski definition) is 2. The van der Waals surface area contributed by atoms with Crippen LogP contribution in [0, 0.1) is 11.8 Å². The molecule has 2 amide bonds. The molecule has 0 aliphatic heterocycles. The van der Waals surface area contributed by atoms with E-state index in [1.54, 1.807) is 0 Å². The van der Waals surface area contributed by atoms with Gasteiger partial charge in [-0.3, -0.25) is 9.59 Å². The van der Waals surface area contributed by atoms with Crippen molar-refractivity contribution in [3.8, 4) is 11.1 Å². The van der Waals surface area contributed by atoms with E-state index in [9.17, 15) is 9.59 Å². The zero-order valence-electron chi connectivity index (χ0n) is 19.9. The van der Waals surface area contributed by atoms with Crippen molar-refractivity contribution >= 4 is 23.2 Å². The number of hydrogen-bond acceptors (Lipinski definition) is 2. The van der Waals surface area contributed by atoms with Gasteiger partial charge in [0.25, 0.3) is 0 Å². The predicted octanol–water partition coefficient (Wildman–Crippen LogP) is 6.84. The van der Waals surface area contributed by atoms with Gasteiger partial charge in [0.1, 0.15) is 0 Å². The molecule has 36 heavy (non-hydrogen) atoms. The lowest BCUT2D eigenvalue weighted by Crippen LogP contribution is -2.16. The lowest BCUT2D eigenvalue weighted by molar-refractivity contribution is -0.118. The number of anilines is 2. The van der Waals surface area contributed by atoms with Crippen LogP contribution in [0.3, 0.4) is 0 Å². The van der Waals surface area contributed by atoms with E-state index >= 15 is 0 Å². The van der Waals surface area contributed by atoms with Crippen molar-refractivity contribution in [1.29, 1.82) is 0 Å². The fourth-order valence-electron chi connectivity index (χ4n) is 5.21. The third-order valence-electron chi connectivity index (χ3n) is 7.37. The van der Waals surface area contributed by atoms with E-state index in [-0.39, 0.29) is 35.5 Å². The number of amides is 2. The summed E-state index contributed by atoms with van der Waals surface area (Å²) in [6, 6.07) is 36.1. The van der Waals surface area contributed by atoms with Gasteiger partial charge in [0.2, 0.25) is 11.8 Å².